The molecule has 1 N–H and O–H groups in total. The van der Waals surface area contributed by atoms with Crippen LogP contribution >= 0.6 is 0 Å². The van der Waals surface area contributed by atoms with E-state index in [0.29, 0.717) is 24.3 Å². The van der Waals surface area contributed by atoms with Gasteiger partial charge in [-0.15, -0.1) is 0 Å². The van der Waals surface area contributed by atoms with Crippen LogP contribution in [0.15, 0.2) is 23.1 Å². The Morgan fingerprint density at radius 1 is 0.971 bits per heavy atom. The van der Waals surface area contributed by atoms with Gasteiger partial charge in [0, 0.05) is 44.8 Å². The number of carbonyl (C=O) groups is 1. The maximum absolute atomic E-state index is 14.6. The molecule has 0 atom stereocenters. The number of aryl methyl sites for hydroxylation is 1. The number of carbonyl (C=O) groups excluding carboxylic acids is 1. The van der Waals surface area contributed by atoms with Crippen LogP contribution in [0.1, 0.15) is 17.3 Å². The normalized spacial score (nSPS) is 17.1. The first-order chi connectivity index (χ1) is 16.5. The summed E-state index contributed by atoms with van der Waals surface area (Å²) in [6.45, 7) is 4.84. The molecule has 0 amide bonds. The number of halogens is 1. The van der Waals surface area contributed by atoms with Gasteiger partial charge in [-0.1, -0.05) is 0 Å². The molecule has 1 saturated heterocycles. The van der Waals surface area contributed by atoms with Crippen molar-refractivity contribution in [3.8, 4) is 0 Å². The van der Waals surface area contributed by atoms with Crippen molar-refractivity contribution < 1.29 is 31.0 Å². The minimum Gasteiger partial charge on any atom is -0.462 e. The molecule has 2 aliphatic carbocycles. The summed E-state index contributed by atoms with van der Waals surface area (Å²) < 4.78 is 21.1. The molecule has 3 fully saturated rings. The van der Waals surface area contributed by atoms with E-state index in [1.807, 2.05) is 69.1 Å². The Morgan fingerprint density at radius 3 is 1.97 bits per heavy atom. The van der Waals surface area contributed by atoms with E-state index in [0.717, 1.165) is 13.1 Å². The summed E-state index contributed by atoms with van der Waals surface area (Å²) >= 11 is 0. The van der Waals surface area contributed by atoms with E-state index in [-0.39, 0.29) is 34.6 Å². The molecule has 1 aromatic carbocycles. The van der Waals surface area contributed by atoms with Crippen molar-refractivity contribution in [2.45, 2.75) is 6.92 Å². The summed E-state index contributed by atoms with van der Waals surface area (Å²) in [4.78, 5) is 26.4. The third-order valence-corrected chi connectivity index (χ3v) is 5.32. The van der Waals surface area contributed by atoms with Crippen molar-refractivity contribution in [2.24, 2.45) is 7.05 Å². The Kier molecular flexibility index (Phi) is 12.8. The molecule has 8 heteroatoms. The molecule has 1 aliphatic heterocycles. The van der Waals surface area contributed by atoms with Gasteiger partial charge in [0.15, 0.2) is 0 Å². The van der Waals surface area contributed by atoms with Gasteiger partial charge in [-0.3, -0.25) is 4.79 Å². The molecule has 3 aliphatic rings. The van der Waals surface area contributed by atoms with Crippen molar-refractivity contribution >= 4 is 22.6 Å². The molecule has 10 radical (unpaired) electrons. The number of hydrogen-bond acceptors (Lipinski definition) is 5. The first kappa shape index (κ1) is 29.3. The van der Waals surface area contributed by atoms with Crippen LogP contribution in [0.5, 0.6) is 0 Å². The fourth-order valence-corrected chi connectivity index (χ4v) is 3.64. The molecule has 35 heavy (non-hydrogen) atoms. The first-order valence-electron chi connectivity index (χ1n) is 11.3. The number of benzene rings is 1. The minimum absolute atomic E-state index is 0. The summed E-state index contributed by atoms with van der Waals surface area (Å²) in [5, 5.41) is 3.40. The number of fused-ring (bicyclic) bond motifs is 1. The number of rotatable bonds is 3. The second-order valence-corrected chi connectivity index (χ2v) is 7.69. The van der Waals surface area contributed by atoms with Crippen molar-refractivity contribution in [3.05, 3.63) is 104 Å². The molecular weight excluding hydrogens is 489 g/mol. The second-order valence-electron chi connectivity index (χ2n) is 7.69. The van der Waals surface area contributed by atoms with Gasteiger partial charge in [0.2, 0.25) is 5.43 Å². The number of piperazine rings is 1. The van der Waals surface area contributed by atoms with Crippen LogP contribution in [-0.4, -0.2) is 43.3 Å². The Labute approximate surface area is 219 Å². The van der Waals surface area contributed by atoms with E-state index in [4.69, 9.17) is 4.74 Å². The van der Waals surface area contributed by atoms with Gasteiger partial charge < -0.3 is 19.5 Å². The zero-order chi connectivity index (χ0) is 24.3. The van der Waals surface area contributed by atoms with Crippen molar-refractivity contribution in [1.82, 2.24) is 9.88 Å². The smallest absolute Gasteiger partial charge is 0.462 e. The zero-order valence-corrected chi connectivity index (χ0v) is 21.0. The summed E-state index contributed by atoms with van der Waals surface area (Å²) in [5.74, 6) is -1.14. The van der Waals surface area contributed by atoms with E-state index < -0.39 is 17.2 Å². The zero-order valence-electron chi connectivity index (χ0n) is 19.9. The fourth-order valence-electron chi connectivity index (χ4n) is 3.64. The first-order valence-corrected chi connectivity index (χ1v) is 11.3. The number of pyridine rings is 1. The average Bonchev–Trinajstić information content (AvgIpc) is 3.61. The molecule has 2 saturated carbocycles. The Morgan fingerprint density at radius 2 is 1.49 bits per heavy atom. The molecule has 6 nitrogen and oxygen atoms in total. The molecule has 0 spiro atoms. The Balaban J connectivity index is 0.000000324. The van der Waals surface area contributed by atoms with Gasteiger partial charge in [-0.05, 0) is 83.3 Å². The number of anilines is 1. The molecular formula is C27H30FFeN3O3+2. The third kappa shape index (κ3) is 8.33. The maximum atomic E-state index is 14.6. The second kappa shape index (κ2) is 15.3. The van der Waals surface area contributed by atoms with Crippen molar-refractivity contribution in [3.63, 3.8) is 0 Å². The Hall–Kier alpha value is -1.89. The van der Waals surface area contributed by atoms with Crippen LogP contribution in [0.25, 0.3) is 10.9 Å². The monoisotopic (exact) mass is 519 g/mol. The van der Waals surface area contributed by atoms with Crippen LogP contribution in [0, 0.1) is 70.0 Å². The molecule has 0 bridgehead atoms. The van der Waals surface area contributed by atoms with E-state index in [9.17, 15) is 14.0 Å². The van der Waals surface area contributed by atoms with Crippen LogP contribution < -0.4 is 15.6 Å². The van der Waals surface area contributed by atoms with Crippen LogP contribution in [0.2, 0.25) is 0 Å². The molecule has 1 aromatic heterocycles. The van der Waals surface area contributed by atoms with Gasteiger partial charge in [0.05, 0.1) is 17.8 Å². The fraction of sp³-hybridized carbons (Fsp3) is 0.259. The predicted octanol–water partition coefficient (Wildman–Crippen LogP) is 3.30. The van der Waals surface area contributed by atoms with Crippen LogP contribution in [0.4, 0.5) is 10.1 Å². The van der Waals surface area contributed by atoms with Gasteiger partial charge in [-0.25, -0.2) is 9.18 Å². The molecule has 2 aromatic rings. The molecule has 184 valence electrons. The largest absolute Gasteiger partial charge is 2.00 e. The topological polar surface area (TPSA) is 63.6 Å². The van der Waals surface area contributed by atoms with Crippen LogP contribution in [0.3, 0.4) is 0 Å². The van der Waals surface area contributed by atoms with Crippen molar-refractivity contribution in [1.29, 1.82) is 0 Å². The van der Waals surface area contributed by atoms with E-state index in [1.54, 1.807) is 24.6 Å². The number of nitrogens with one attached hydrogen (secondary N) is 1. The van der Waals surface area contributed by atoms with E-state index >= 15 is 0 Å². The van der Waals surface area contributed by atoms with Crippen LogP contribution in [-0.2, 0) is 28.9 Å². The van der Waals surface area contributed by atoms with Gasteiger partial charge in [0.1, 0.15) is 11.4 Å². The number of hydrogen-bond donors (Lipinski definition) is 1. The van der Waals surface area contributed by atoms with Gasteiger partial charge in [-0.2, -0.15) is 0 Å². The summed E-state index contributed by atoms with van der Waals surface area (Å²) in [6.07, 6.45) is 21.4. The molecule has 0 unspecified atom stereocenters. The van der Waals surface area contributed by atoms with Gasteiger partial charge in [0.25, 0.3) is 0 Å². The number of esters is 1. The molecule has 5 rings (SSSR count). The van der Waals surface area contributed by atoms with Gasteiger partial charge >= 0.3 is 23.0 Å². The predicted molar refractivity (Wildman–Crippen MR) is 133 cm³/mol. The number of aromatic nitrogens is 1. The molecule has 2 heterocycles. The average molecular weight is 519 g/mol. The third-order valence-electron chi connectivity index (χ3n) is 5.32. The van der Waals surface area contributed by atoms with E-state index in [2.05, 4.69) is 5.32 Å². The minimum atomic E-state index is -0.688. The van der Waals surface area contributed by atoms with E-state index in [1.165, 1.54) is 12.3 Å². The summed E-state index contributed by atoms with van der Waals surface area (Å²) in [6, 6.07) is 2.89. The standard InChI is InChI=1S/C17H20FN3O3.2C5H5.Fe/c1-3-24-17(23)12-10-20(2)14-9-15(21-6-4-19-5-7-21)13(18)8-11(14)16(12)22;2*1-2-4-5-3-1;/h8-10,19H,3-7H2,1-2H3;2*1-5H;/q;;;+2. The summed E-state index contributed by atoms with van der Waals surface area (Å²) in [5.41, 5.74) is 0.472. The van der Waals surface area contributed by atoms with Crippen molar-refractivity contribution in [2.75, 3.05) is 37.7 Å². The SMILES string of the molecule is CCOC(=O)c1cn(C)c2cc(N3CCNCC3)c(F)cc2c1=O.[CH]1[CH][CH][CH][CH]1.[CH]1[CH][CH][CH][CH]1.[Fe+2]. The maximum Gasteiger partial charge on any atom is 2.00 e. The number of ether oxygens (including phenoxy) is 1. The Bertz CT molecular complexity index is 972. The number of nitrogens with zero attached hydrogens (tertiary/aromatic N) is 2. The quantitative estimate of drug-likeness (QED) is 0.498. The summed E-state index contributed by atoms with van der Waals surface area (Å²) in [7, 11) is 1.73.